The summed E-state index contributed by atoms with van der Waals surface area (Å²) in [6.07, 6.45) is 1.00. The Hall–Kier alpha value is -2.49. The smallest absolute Gasteiger partial charge is 0.276 e. The van der Waals surface area contributed by atoms with Crippen molar-refractivity contribution < 1.29 is 17.7 Å². The van der Waals surface area contributed by atoms with Crippen LogP contribution in [0.25, 0.3) is 10.6 Å². The van der Waals surface area contributed by atoms with Crippen molar-refractivity contribution in [3.8, 4) is 10.6 Å². The number of rotatable bonds is 6. The van der Waals surface area contributed by atoms with Gasteiger partial charge in [-0.25, -0.2) is 8.42 Å². The zero-order chi connectivity index (χ0) is 22.0. The average Bonchev–Trinajstić information content (AvgIpc) is 3.50. The molecule has 0 spiro atoms. The van der Waals surface area contributed by atoms with Crippen LogP contribution in [0.1, 0.15) is 42.2 Å². The summed E-state index contributed by atoms with van der Waals surface area (Å²) in [5, 5.41) is 5.83. The topological polar surface area (TPSA) is 83.7 Å². The van der Waals surface area contributed by atoms with Gasteiger partial charge >= 0.3 is 0 Å². The van der Waals surface area contributed by atoms with E-state index in [0.717, 1.165) is 16.9 Å². The quantitative estimate of drug-likeness (QED) is 0.555. The van der Waals surface area contributed by atoms with E-state index in [2.05, 4.69) is 19.0 Å². The van der Waals surface area contributed by atoms with Gasteiger partial charge in [-0.2, -0.15) is 4.31 Å². The Balaban J connectivity index is 1.40. The molecule has 9 heteroatoms. The minimum absolute atomic E-state index is 0.236. The second-order valence-electron chi connectivity index (χ2n) is 7.63. The number of carbonyl (C=O) groups excluding carboxylic acids is 1. The molecule has 0 aliphatic carbocycles. The summed E-state index contributed by atoms with van der Waals surface area (Å²) >= 11 is 1.51. The standard InChI is InChI=1S/C22H25N3O4S2/c1-3-16(2)17-6-8-18(9-7-17)31(27,28)25-12-10-24(11-13-25)22(26)19-15-20(29-23-19)21-5-4-14-30-21/h4-9,14-16H,3,10-13H2,1-2H3/t16-/m0/s1. The summed E-state index contributed by atoms with van der Waals surface area (Å²) in [6, 6.07) is 12.6. The Morgan fingerprint density at radius 3 is 2.48 bits per heavy atom. The highest BCUT2D eigenvalue weighted by molar-refractivity contribution is 7.89. The Bertz CT molecular complexity index is 1130. The first-order valence-electron chi connectivity index (χ1n) is 10.3. The van der Waals surface area contributed by atoms with Gasteiger partial charge in [-0.3, -0.25) is 4.79 Å². The zero-order valence-corrected chi connectivity index (χ0v) is 19.2. The number of thiophene rings is 1. The van der Waals surface area contributed by atoms with Crippen molar-refractivity contribution >= 4 is 27.3 Å². The number of benzene rings is 1. The Labute approximate surface area is 186 Å². The summed E-state index contributed by atoms with van der Waals surface area (Å²) in [7, 11) is -3.59. The molecule has 0 saturated carbocycles. The van der Waals surface area contributed by atoms with Crippen LogP contribution in [0.2, 0.25) is 0 Å². The fraction of sp³-hybridized carbons (Fsp3) is 0.364. The van der Waals surface area contributed by atoms with Gasteiger partial charge in [-0.05, 0) is 41.5 Å². The van der Waals surface area contributed by atoms with E-state index in [1.165, 1.54) is 15.6 Å². The third kappa shape index (κ3) is 4.44. The number of sulfonamides is 1. The summed E-state index contributed by atoms with van der Waals surface area (Å²) < 4.78 is 32.8. The van der Waals surface area contributed by atoms with Crippen LogP contribution in [-0.2, 0) is 10.0 Å². The van der Waals surface area contributed by atoms with Gasteiger partial charge in [0.1, 0.15) is 0 Å². The molecule has 3 aromatic rings. The Morgan fingerprint density at radius 2 is 1.87 bits per heavy atom. The van der Waals surface area contributed by atoms with Crippen LogP contribution in [-0.4, -0.2) is 54.9 Å². The van der Waals surface area contributed by atoms with Crippen molar-refractivity contribution in [3.63, 3.8) is 0 Å². The minimum atomic E-state index is -3.59. The predicted octanol–water partition coefficient (Wildman–Crippen LogP) is 4.06. The minimum Gasteiger partial charge on any atom is -0.355 e. The highest BCUT2D eigenvalue weighted by Gasteiger charge is 2.31. The Morgan fingerprint density at radius 1 is 1.16 bits per heavy atom. The molecule has 1 saturated heterocycles. The van der Waals surface area contributed by atoms with Gasteiger partial charge in [0.05, 0.1) is 9.77 Å². The number of hydrogen-bond acceptors (Lipinski definition) is 6. The maximum Gasteiger partial charge on any atom is 0.276 e. The van der Waals surface area contributed by atoms with Crippen LogP contribution >= 0.6 is 11.3 Å². The van der Waals surface area contributed by atoms with Crippen LogP contribution in [0.3, 0.4) is 0 Å². The fourth-order valence-corrected chi connectivity index (χ4v) is 5.65. The SMILES string of the molecule is CC[C@H](C)c1ccc(S(=O)(=O)N2CCN(C(=O)c3cc(-c4cccs4)on3)CC2)cc1. The third-order valence-electron chi connectivity index (χ3n) is 5.72. The lowest BCUT2D eigenvalue weighted by Crippen LogP contribution is -2.50. The highest BCUT2D eigenvalue weighted by atomic mass is 32.2. The summed E-state index contributed by atoms with van der Waals surface area (Å²) in [5.41, 5.74) is 1.37. The van der Waals surface area contributed by atoms with Gasteiger partial charge in [0.25, 0.3) is 5.91 Å². The Kier molecular flexibility index (Phi) is 6.27. The van der Waals surface area contributed by atoms with Crippen LogP contribution in [0.4, 0.5) is 0 Å². The lowest BCUT2D eigenvalue weighted by molar-refractivity contribution is 0.0687. The van der Waals surface area contributed by atoms with Gasteiger partial charge in [-0.1, -0.05) is 37.2 Å². The molecule has 4 rings (SSSR count). The number of aromatic nitrogens is 1. The largest absolute Gasteiger partial charge is 0.355 e. The molecule has 0 bridgehead atoms. The van der Waals surface area contributed by atoms with Gasteiger partial charge in [0.2, 0.25) is 10.0 Å². The first kappa shape index (κ1) is 21.7. The van der Waals surface area contributed by atoms with E-state index in [4.69, 9.17) is 4.52 Å². The molecular formula is C22H25N3O4S2. The van der Waals surface area contributed by atoms with E-state index in [1.807, 2.05) is 29.6 Å². The molecule has 2 aromatic heterocycles. The predicted molar refractivity (Wildman–Crippen MR) is 120 cm³/mol. The van der Waals surface area contributed by atoms with Crippen molar-refractivity contribution in [1.29, 1.82) is 0 Å². The van der Waals surface area contributed by atoms with Gasteiger partial charge in [0.15, 0.2) is 11.5 Å². The van der Waals surface area contributed by atoms with E-state index < -0.39 is 10.0 Å². The first-order valence-corrected chi connectivity index (χ1v) is 12.6. The summed E-state index contributed by atoms with van der Waals surface area (Å²) in [6.45, 7) is 5.35. The van der Waals surface area contributed by atoms with Gasteiger partial charge in [0, 0.05) is 32.2 Å². The van der Waals surface area contributed by atoms with Gasteiger partial charge < -0.3 is 9.42 Å². The van der Waals surface area contributed by atoms with Crippen molar-refractivity contribution in [2.75, 3.05) is 26.2 Å². The molecule has 1 aliphatic rings. The average molecular weight is 460 g/mol. The van der Waals surface area contributed by atoms with E-state index in [-0.39, 0.29) is 29.6 Å². The number of carbonyl (C=O) groups is 1. The summed E-state index contributed by atoms with van der Waals surface area (Å²) in [4.78, 5) is 15.6. The summed E-state index contributed by atoms with van der Waals surface area (Å²) in [5.74, 6) is 0.699. The van der Waals surface area contributed by atoms with Crippen molar-refractivity contribution in [2.24, 2.45) is 0 Å². The molecule has 1 fully saturated rings. The molecule has 3 heterocycles. The van der Waals surface area contributed by atoms with E-state index in [1.54, 1.807) is 23.1 Å². The number of hydrogen-bond donors (Lipinski definition) is 0. The number of nitrogens with zero attached hydrogens (tertiary/aromatic N) is 3. The van der Waals surface area contributed by atoms with Crippen molar-refractivity contribution in [3.05, 3.63) is 59.1 Å². The van der Waals surface area contributed by atoms with E-state index >= 15 is 0 Å². The number of amides is 1. The molecule has 0 N–H and O–H groups in total. The molecule has 31 heavy (non-hydrogen) atoms. The molecule has 0 radical (unpaired) electrons. The molecule has 7 nitrogen and oxygen atoms in total. The van der Waals surface area contributed by atoms with Gasteiger partial charge in [-0.15, -0.1) is 11.3 Å². The second kappa shape index (κ2) is 8.94. The lowest BCUT2D eigenvalue weighted by Gasteiger charge is -2.33. The second-order valence-corrected chi connectivity index (χ2v) is 10.5. The zero-order valence-electron chi connectivity index (χ0n) is 17.5. The molecule has 0 unspecified atom stereocenters. The van der Waals surface area contributed by atoms with Crippen LogP contribution < -0.4 is 0 Å². The molecule has 1 aromatic carbocycles. The highest BCUT2D eigenvalue weighted by Crippen LogP contribution is 2.26. The van der Waals surface area contributed by atoms with Crippen molar-refractivity contribution in [1.82, 2.24) is 14.4 Å². The van der Waals surface area contributed by atoms with Crippen molar-refractivity contribution in [2.45, 2.75) is 31.1 Å². The van der Waals surface area contributed by atoms with Crippen LogP contribution in [0, 0.1) is 0 Å². The van der Waals surface area contributed by atoms with E-state index in [0.29, 0.717) is 24.8 Å². The third-order valence-corrected chi connectivity index (χ3v) is 8.52. The lowest BCUT2D eigenvalue weighted by atomic mass is 9.99. The normalized spacial score (nSPS) is 16.4. The molecular weight excluding hydrogens is 434 g/mol. The number of piperazine rings is 1. The maximum atomic E-state index is 13.0. The fourth-order valence-electron chi connectivity index (χ4n) is 3.56. The molecule has 1 atom stereocenters. The van der Waals surface area contributed by atoms with Crippen LogP contribution in [0.15, 0.2) is 57.3 Å². The molecule has 164 valence electrons. The molecule has 1 aliphatic heterocycles. The molecule has 1 amide bonds. The maximum absolute atomic E-state index is 13.0. The van der Waals surface area contributed by atoms with E-state index in [9.17, 15) is 13.2 Å². The first-order chi connectivity index (χ1) is 14.9. The van der Waals surface area contributed by atoms with Crippen LogP contribution in [0.5, 0.6) is 0 Å². The monoisotopic (exact) mass is 459 g/mol.